The number of aromatic nitrogens is 2. The van der Waals surface area contributed by atoms with E-state index in [1.54, 1.807) is 18.4 Å². The summed E-state index contributed by atoms with van der Waals surface area (Å²) in [6.07, 6.45) is 1.06. The number of anilines is 2. The van der Waals surface area contributed by atoms with Crippen molar-refractivity contribution in [3.05, 3.63) is 11.4 Å². The van der Waals surface area contributed by atoms with E-state index in [0.29, 0.717) is 12.6 Å². The number of fused-ring (bicyclic) bond motifs is 1. The first-order valence-electron chi connectivity index (χ1n) is 7.03. The number of likely N-dealkylation sites (N-methyl/N-ethyl adjacent to an activating group) is 1. The summed E-state index contributed by atoms with van der Waals surface area (Å²) < 4.78 is 5.19. The number of hydrogen-bond acceptors (Lipinski definition) is 6. The highest BCUT2D eigenvalue weighted by molar-refractivity contribution is 7.16. The summed E-state index contributed by atoms with van der Waals surface area (Å²) in [5, 5.41) is 6.46. The lowest BCUT2D eigenvalue weighted by Crippen LogP contribution is -2.28. The van der Waals surface area contributed by atoms with Gasteiger partial charge in [0.05, 0.1) is 12.0 Å². The van der Waals surface area contributed by atoms with Crippen LogP contribution >= 0.6 is 11.3 Å². The molecule has 0 aliphatic heterocycles. The van der Waals surface area contributed by atoms with Crippen molar-refractivity contribution in [1.82, 2.24) is 9.97 Å². The van der Waals surface area contributed by atoms with Gasteiger partial charge in [0.25, 0.3) is 0 Å². The van der Waals surface area contributed by atoms with Gasteiger partial charge in [-0.05, 0) is 24.8 Å². The highest BCUT2D eigenvalue weighted by Crippen LogP contribution is 2.29. The van der Waals surface area contributed by atoms with Crippen LogP contribution in [-0.4, -0.2) is 43.3 Å². The first-order valence-corrected chi connectivity index (χ1v) is 7.91. The van der Waals surface area contributed by atoms with Gasteiger partial charge in [-0.1, -0.05) is 6.92 Å². The zero-order valence-electron chi connectivity index (χ0n) is 12.3. The number of hydrogen-bond donors (Lipinski definition) is 1. The number of thiophene rings is 1. The first-order chi connectivity index (χ1) is 9.80. The van der Waals surface area contributed by atoms with E-state index in [1.165, 1.54) is 0 Å². The van der Waals surface area contributed by atoms with Gasteiger partial charge < -0.3 is 15.0 Å². The van der Waals surface area contributed by atoms with Crippen LogP contribution in [0.4, 0.5) is 11.8 Å². The predicted molar refractivity (Wildman–Crippen MR) is 86.0 cm³/mol. The van der Waals surface area contributed by atoms with E-state index in [0.717, 1.165) is 42.1 Å². The molecule has 0 spiro atoms. The van der Waals surface area contributed by atoms with E-state index in [4.69, 9.17) is 4.74 Å². The van der Waals surface area contributed by atoms with E-state index >= 15 is 0 Å². The maximum Gasteiger partial charge on any atom is 0.226 e. The lowest BCUT2D eigenvalue weighted by Gasteiger charge is -2.22. The molecular formula is C14H22N4OS. The topological polar surface area (TPSA) is 50.3 Å². The van der Waals surface area contributed by atoms with E-state index in [1.807, 2.05) is 0 Å². The maximum absolute atomic E-state index is 5.19. The number of methoxy groups -OCH3 is 1. The van der Waals surface area contributed by atoms with E-state index in [2.05, 4.69) is 45.5 Å². The Labute approximate surface area is 124 Å². The first kappa shape index (κ1) is 15.0. The largest absolute Gasteiger partial charge is 0.383 e. The monoisotopic (exact) mass is 294 g/mol. The van der Waals surface area contributed by atoms with Crippen LogP contribution < -0.4 is 10.2 Å². The maximum atomic E-state index is 5.19. The molecule has 2 rings (SSSR count). The highest BCUT2D eigenvalue weighted by Gasteiger charge is 2.14. The molecule has 20 heavy (non-hydrogen) atoms. The van der Waals surface area contributed by atoms with Crippen LogP contribution in [-0.2, 0) is 4.74 Å². The molecule has 0 amide bonds. The van der Waals surface area contributed by atoms with Crippen molar-refractivity contribution in [2.75, 3.05) is 43.6 Å². The van der Waals surface area contributed by atoms with E-state index in [9.17, 15) is 0 Å². The van der Waals surface area contributed by atoms with Crippen LogP contribution in [0.5, 0.6) is 0 Å². The zero-order valence-corrected chi connectivity index (χ0v) is 13.2. The highest BCUT2D eigenvalue weighted by atomic mass is 32.1. The number of rotatable bonds is 8. The Morgan fingerprint density at radius 1 is 1.35 bits per heavy atom. The zero-order chi connectivity index (χ0) is 14.4. The van der Waals surface area contributed by atoms with Gasteiger partial charge in [0.15, 0.2) is 0 Å². The van der Waals surface area contributed by atoms with Crippen LogP contribution in [0.25, 0.3) is 10.2 Å². The normalized spacial score (nSPS) is 10.9. The lowest BCUT2D eigenvalue weighted by atomic mass is 10.3. The third-order valence-electron chi connectivity index (χ3n) is 3.08. The van der Waals surface area contributed by atoms with Crippen molar-refractivity contribution in [2.45, 2.75) is 20.3 Å². The summed E-state index contributed by atoms with van der Waals surface area (Å²) in [6.45, 7) is 7.59. The Balaban J connectivity index is 2.34. The Morgan fingerprint density at radius 2 is 2.20 bits per heavy atom. The summed E-state index contributed by atoms with van der Waals surface area (Å²) in [5.41, 5.74) is 0. The summed E-state index contributed by atoms with van der Waals surface area (Å²) >= 11 is 1.65. The quantitative estimate of drug-likeness (QED) is 0.811. The average molecular weight is 294 g/mol. The van der Waals surface area contributed by atoms with Crippen LogP contribution in [0.15, 0.2) is 11.4 Å². The van der Waals surface area contributed by atoms with Crippen molar-refractivity contribution in [3.8, 4) is 0 Å². The van der Waals surface area contributed by atoms with Crippen LogP contribution in [0.3, 0.4) is 0 Å². The van der Waals surface area contributed by atoms with Crippen LogP contribution in [0, 0.1) is 0 Å². The van der Waals surface area contributed by atoms with Gasteiger partial charge in [-0.15, -0.1) is 11.3 Å². The summed E-state index contributed by atoms with van der Waals surface area (Å²) in [4.78, 5) is 12.5. The molecule has 2 aromatic rings. The number of nitrogens with one attached hydrogen (secondary N) is 1. The van der Waals surface area contributed by atoms with Gasteiger partial charge in [-0.3, -0.25) is 0 Å². The molecule has 0 aliphatic carbocycles. The fraction of sp³-hybridized carbons (Fsp3) is 0.571. The van der Waals surface area contributed by atoms with Gasteiger partial charge in [-0.25, -0.2) is 4.98 Å². The van der Waals surface area contributed by atoms with Crippen molar-refractivity contribution >= 4 is 33.3 Å². The second-order valence-corrected chi connectivity index (χ2v) is 5.40. The van der Waals surface area contributed by atoms with Gasteiger partial charge in [0.1, 0.15) is 10.6 Å². The second-order valence-electron chi connectivity index (χ2n) is 4.51. The molecule has 0 saturated heterocycles. The van der Waals surface area contributed by atoms with Gasteiger partial charge in [0, 0.05) is 26.7 Å². The Kier molecular flexibility index (Phi) is 5.55. The molecule has 1 N–H and O–H groups in total. The Morgan fingerprint density at radius 3 is 2.90 bits per heavy atom. The molecular weight excluding hydrogens is 272 g/mol. The summed E-state index contributed by atoms with van der Waals surface area (Å²) in [5.74, 6) is 1.71. The Bertz CT molecular complexity index is 543. The third kappa shape index (κ3) is 3.37. The minimum Gasteiger partial charge on any atom is -0.383 e. The van der Waals surface area contributed by atoms with E-state index < -0.39 is 0 Å². The molecule has 0 unspecified atom stereocenters. The summed E-state index contributed by atoms with van der Waals surface area (Å²) in [7, 11) is 1.72. The number of nitrogens with zero attached hydrogens (tertiary/aromatic N) is 3. The lowest BCUT2D eigenvalue weighted by molar-refractivity contribution is 0.205. The fourth-order valence-electron chi connectivity index (χ4n) is 2.01. The molecule has 2 heterocycles. The minimum absolute atomic E-state index is 0.696. The Hall–Kier alpha value is -1.40. The third-order valence-corrected chi connectivity index (χ3v) is 3.89. The molecule has 0 radical (unpaired) electrons. The predicted octanol–water partition coefficient (Wildman–Crippen LogP) is 2.99. The van der Waals surface area contributed by atoms with Gasteiger partial charge in [-0.2, -0.15) is 4.98 Å². The SMILES string of the molecule is CCCNc1nc(N(CC)CCOC)c2ccsc2n1. The molecule has 5 nitrogen and oxygen atoms in total. The summed E-state index contributed by atoms with van der Waals surface area (Å²) in [6, 6.07) is 2.09. The van der Waals surface area contributed by atoms with Crippen molar-refractivity contribution in [2.24, 2.45) is 0 Å². The molecule has 2 aromatic heterocycles. The molecule has 110 valence electrons. The van der Waals surface area contributed by atoms with Crippen LogP contribution in [0.1, 0.15) is 20.3 Å². The molecule has 0 saturated carbocycles. The van der Waals surface area contributed by atoms with Crippen LogP contribution in [0.2, 0.25) is 0 Å². The average Bonchev–Trinajstić information content (AvgIpc) is 2.94. The minimum atomic E-state index is 0.696. The van der Waals surface area contributed by atoms with Crippen molar-refractivity contribution < 1.29 is 4.74 Å². The smallest absolute Gasteiger partial charge is 0.226 e. The van der Waals surface area contributed by atoms with Crippen molar-refractivity contribution in [3.63, 3.8) is 0 Å². The standard InChI is InChI=1S/C14H22N4OS/c1-4-7-15-14-16-12(18(5-2)8-9-19-3)11-6-10-20-13(11)17-14/h6,10H,4-5,7-9H2,1-3H3,(H,15,16,17). The number of ether oxygens (including phenoxy) is 1. The molecule has 6 heteroatoms. The molecule has 0 fully saturated rings. The van der Waals surface area contributed by atoms with Gasteiger partial charge in [0.2, 0.25) is 5.95 Å². The van der Waals surface area contributed by atoms with Gasteiger partial charge >= 0.3 is 0 Å². The van der Waals surface area contributed by atoms with E-state index in [-0.39, 0.29) is 0 Å². The molecule has 0 aromatic carbocycles. The molecule has 0 aliphatic rings. The second kappa shape index (κ2) is 7.40. The molecule has 0 atom stereocenters. The fourth-order valence-corrected chi connectivity index (χ4v) is 2.77. The van der Waals surface area contributed by atoms with Crippen molar-refractivity contribution in [1.29, 1.82) is 0 Å². The molecule has 0 bridgehead atoms.